The van der Waals surface area contributed by atoms with E-state index < -0.39 is 5.97 Å². The fraction of sp³-hybridized carbons (Fsp3) is 0.400. The molecule has 1 aromatic rings. The lowest BCUT2D eigenvalue weighted by Gasteiger charge is -2.07. The number of hydrogen-bond donors (Lipinski definition) is 1. The molecule has 4 heteroatoms. The topological polar surface area (TPSA) is 59.3 Å². The van der Waals surface area contributed by atoms with Crippen LogP contribution in [0.25, 0.3) is 0 Å². The molecule has 0 bridgehead atoms. The van der Waals surface area contributed by atoms with E-state index in [0.717, 1.165) is 5.69 Å². The minimum Gasteiger partial charge on any atom is -0.481 e. The molecule has 0 aliphatic heterocycles. The van der Waals surface area contributed by atoms with Gasteiger partial charge in [-0.05, 0) is 19.4 Å². The lowest BCUT2D eigenvalue weighted by molar-refractivity contribution is -0.137. The highest BCUT2D eigenvalue weighted by molar-refractivity contribution is 5.66. The van der Waals surface area contributed by atoms with Gasteiger partial charge in [-0.3, -0.25) is 9.59 Å². The van der Waals surface area contributed by atoms with Crippen LogP contribution in [0.2, 0.25) is 0 Å². The Morgan fingerprint density at radius 3 is 2.79 bits per heavy atom. The molecule has 0 atom stereocenters. The van der Waals surface area contributed by atoms with Crippen LogP contribution in [0.4, 0.5) is 0 Å². The Hall–Kier alpha value is -1.58. The molecule has 1 rings (SSSR count). The largest absolute Gasteiger partial charge is 0.481 e. The summed E-state index contributed by atoms with van der Waals surface area (Å²) in [6.07, 6.45) is 0.584. The molecule has 14 heavy (non-hydrogen) atoms. The Bertz CT molecular complexity index is 381. The van der Waals surface area contributed by atoms with Crippen LogP contribution in [0.15, 0.2) is 23.0 Å². The van der Waals surface area contributed by atoms with Crippen molar-refractivity contribution in [2.75, 3.05) is 0 Å². The van der Waals surface area contributed by atoms with Crippen molar-refractivity contribution in [3.63, 3.8) is 0 Å². The van der Waals surface area contributed by atoms with E-state index in [4.69, 9.17) is 5.11 Å². The average molecular weight is 195 g/mol. The fourth-order valence-corrected chi connectivity index (χ4v) is 1.30. The van der Waals surface area contributed by atoms with Gasteiger partial charge >= 0.3 is 5.97 Å². The summed E-state index contributed by atoms with van der Waals surface area (Å²) < 4.78 is 1.59. The van der Waals surface area contributed by atoms with E-state index in [1.807, 2.05) is 13.0 Å². The van der Waals surface area contributed by atoms with Gasteiger partial charge in [-0.15, -0.1) is 0 Å². The number of nitrogens with zero attached hydrogens (tertiary/aromatic N) is 1. The number of aliphatic carboxylic acids is 1. The first-order chi connectivity index (χ1) is 6.61. The summed E-state index contributed by atoms with van der Waals surface area (Å²) >= 11 is 0. The van der Waals surface area contributed by atoms with Crippen LogP contribution >= 0.6 is 0 Å². The molecule has 0 aliphatic carbocycles. The summed E-state index contributed by atoms with van der Waals surface area (Å²) in [6, 6.07) is 5.02. The van der Waals surface area contributed by atoms with Crippen molar-refractivity contribution in [3.8, 4) is 0 Å². The fourth-order valence-electron chi connectivity index (χ4n) is 1.30. The van der Waals surface area contributed by atoms with E-state index in [0.29, 0.717) is 13.0 Å². The van der Waals surface area contributed by atoms with Crippen molar-refractivity contribution in [1.82, 2.24) is 4.57 Å². The minimum absolute atomic E-state index is 0.0737. The molecular formula is C10H13NO3. The first-order valence-electron chi connectivity index (χ1n) is 4.49. The summed E-state index contributed by atoms with van der Waals surface area (Å²) in [5, 5.41) is 8.44. The summed E-state index contributed by atoms with van der Waals surface area (Å²) in [5.74, 6) is -0.827. The third-order valence-electron chi connectivity index (χ3n) is 2.04. The van der Waals surface area contributed by atoms with Gasteiger partial charge in [-0.25, -0.2) is 0 Å². The standard InChI is InChI=1S/C10H13NO3/c1-8-4-2-5-9(12)11(8)7-3-6-10(13)14/h2,4-5H,3,6-7H2,1H3,(H,13,14). The van der Waals surface area contributed by atoms with Crippen molar-refractivity contribution >= 4 is 5.97 Å². The zero-order valence-corrected chi connectivity index (χ0v) is 8.06. The quantitative estimate of drug-likeness (QED) is 0.780. The number of aryl methyl sites for hydroxylation is 1. The maximum absolute atomic E-state index is 11.3. The van der Waals surface area contributed by atoms with Crippen LogP contribution in [-0.4, -0.2) is 15.6 Å². The third-order valence-corrected chi connectivity index (χ3v) is 2.04. The number of rotatable bonds is 4. The maximum atomic E-state index is 11.3. The molecule has 1 heterocycles. The second-order valence-corrected chi connectivity index (χ2v) is 3.15. The van der Waals surface area contributed by atoms with E-state index >= 15 is 0 Å². The molecule has 0 aromatic carbocycles. The zero-order valence-electron chi connectivity index (χ0n) is 8.06. The molecule has 0 fully saturated rings. The second-order valence-electron chi connectivity index (χ2n) is 3.15. The Kier molecular flexibility index (Phi) is 3.45. The van der Waals surface area contributed by atoms with E-state index in [1.54, 1.807) is 10.6 Å². The number of carboxylic acids is 1. The summed E-state index contributed by atoms with van der Waals surface area (Å²) in [6.45, 7) is 2.31. The SMILES string of the molecule is Cc1cccc(=O)n1CCCC(=O)O. The van der Waals surface area contributed by atoms with Gasteiger partial charge in [0.05, 0.1) is 0 Å². The number of carbonyl (C=O) groups is 1. The highest BCUT2D eigenvalue weighted by Crippen LogP contribution is 1.97. The van der Waals surface area contributed by atoms with E-state index in [1.165, 1.54) is 6.07 Å². The number of aromatic nitrogens is 1. The molecular weight excluding hydrogens is 182 g/mol. The monoisotopic (exact) mass is 195 g/mol. The van der Waals surface area contributed by atoms with Gasteiger partial charge in [-0.2, -0.15) is 0 Å². The number of carboxylic acid groups (broad SMARTS) is 1. The van der Waals surface area contributed by atoms with Crippen LogP contribution in [0.3, 0.4) is 0 Å². The highest BCUT2D eigenvalue weighted by atomic mass is 16.4. The third kappa shape index (κ3) is 2.73. The van der Waals surface area contributed by atoms with Gasteiger partial charge in [0, 0.05) is 24.7 Å². The van der Waals surface area contributed by atoms with Crippen LogP contribution < -0.4 is 5.56 Å². The van der Waals surface area contributed by atoms with Crippen LogP contribution in [-0.2, 0) is 11.3 Å². The molecule has 0 radical (unpaired) electrons. The van der Waals surface area contributed by atoms with Crippen molar-refractivity contribution in [1.29, 1.82) is 0 Å². The molecule has 0 aliphatic rings. The van der Waals surface area contributed by atoms with Crippen molar-refractivity contribution < 1.29 is 9.90 Å². The van der Waals surface area contributed by atoms with Gasteiger partial charge in [0.1, 0.15) is 0 Å². The Morgan fingerprint density at radius 1 is 1.50 bits per heavy atom. The number of pyridine rings is 1. The van der Waals surface area contributed by atoms with Gasteiger partial charge in [0.15, 0.2) is 0 Å². The Labute approximate surface area is 81.8 Å². The van der Waals surface area contributed by atoms with Gasteiger partial charge in [0.2, 0.25) is 0 Å². The smallest absolute Gasteiger partial charge is 0.303 e. The number of hydrogen-bond acceptors (Lipinski definition) is 2. The molecule has 76 valence electrons. The van der Waals surface area contributed by atoms with Gasteiger partial charge in [0.25, 0.3) is 5.56 Å². The van der Waals surface area contributed by atoms with Crippen molar-refractivity contribution in [2.24, 2.45) is 0 Å². The molecule has 0 spiro atoms. The van der Waals surface area contributed by atoms with Gasteiger partial charge < -0.3 is 9.67 Å². The Morgan fingerprint density at radius 2 is 2.21 bits per heavy atom. The first-order valence-corrected chi connectivity index (χ1v) is 4.49. The lowest BCUT2D eigenvalue weighted by atomic mass is 10.3. The summed E-state index contributed by atoms with van der Waals surface area (Å²) in [7, 11) is 0. The van der Waals surface area contributed by atoms with Crippen molar-refractivity contribution in [2.45, 2.75) is 26.3 Å². The normalized spacial score (nSPS) is 10.1. The highest BCUT2D eigenvalue weighted by Gasteiger charge is 2.01. The Balaban J connectivity index is 2.67. The predicted octanol–water partition coefficient (Wildman–Crippen LogP) is 1.02. The molecule has 1 N–H and O–H groups in total. The molecule has 1 aromatic heterocycles. The van der Waals surface area contributed by atoms with E-state index in [-0.39, 0.29) is 12.0 Å². The average Bonchev–Trinajstić information content (AvgIpc) is 2.09. The molecule has 0 amide bonds. The van der Waals surface area contributed by atoms with Crippen molar-refractivity contribution in [3.05, 3.63) is 34.2 Å². The minimum atomic E-state index is -0.827. The van der Waals surface area contributed by atoms with Crippen LogP contribution in [0.5, 0.6) is 0 Å². The van der Waals surface area contributed by atoms with Crippen LogP contribution in [0, 0.1) is 6.92 Å². The van der Waals surface area contributed by atoms with Gasteiger partial charge in [-0.1, -0.05) is 6.07 Å². The molecule has 0 saturated carbocycles. The molecule has 4 nitrogen and oxygen atoms in total. The summed E-state index contributed by atoms with van der Waals surface area (Å²) in [4.78, 5) is 21.6. The second kappa shape index (κ2) is 4.60. The summed E-state index contributed by atoms with van der Waals surface area (Å²) in [5.41, 5.74) is 0.790. The maximum Gasteiger partial charge on any atom is 0.303 e. The predicted molar refractivity (Wildman–Crippen MR) is 52.3 cm³/mol. The van der Waals surface area contributed by atoms with Crippen LogP contribution in [0.1, 0.15) is 18.5 Å². The lowest BCUT2D eigenvalue weighted by Crippen LogP contribution is -2.21. The molecule has 0 unspecified atom stereocenters. The first kappa shape index (κ1) is 10.5. The van der Waals surface area contributed by atoms with E-state index in [9.17, 15) is 9.59 Å². The molecule has 0 saturated heterocycles. The van der Waals surface area contributed by atoms with E-state index in [2.05, 4.69) is 0 Å². The zero-order chi connectivity index (χ0) is 10.6.